The Bertz CT molecular complexity index is 953. The number of benzene rings is 2. The van der Waals surface area contributed by atoms with Gasteiger partial charge in [-0.05, 0) is 37.9 Å². The fourth-order valence-corrected chi connectivity index (χ4v) is 4.51. The fraction of sp³-hybridized carbons (Fsp3) is 0.304. The van der Waals surface area contributed by atoms with Gasteiger partial charge in [-0.3, -0.25) is 4.79 Å². The predicted molar refractivity (Wildman–Crippen MR) is 109 cm³/mol. The Kier molecular flexibility index (Phi) is 4.45. The predicted octanol–water partition coefficient (Wildman–Crippen LogP) is 3.51. The Morgan fingerprint density at radius 3 is 2.43 bits per heavy atom. The maximum atomic E-state index is 13.7. The van der Waals surface area contributed by atoms with Gasteiger partial charge in [-0.2, -0.15) is 5.10 Å². The molecular formula is C23H24N4O. The lowest BCUT2D eigenvalue weighted by Crippen LogP contribution is -2.42. The molecule has 1 N–H and O–H groups in total. The monoisotopic (exact) mass is 372 g/mol. The first kappa shape index (κ1) is 17.2. The molecule has 1 aromatic heterocycles. The SMILES string of the molecule is O=C(c1cn(-c2ccccc2)nc1-c1ccccc1)N1C2CCNCC1CC2. The van der Waals surface area contributed by atoms with E-state index in [1.54, 1.807) is 0 Å². The number of nitrogens with zero attached hydrogens (tertiary/aromatic N) is 3. The van der Waals surface area contributed by atoms with Crippen molar-refractivity contribution < 1.29 is 4.79 Å². The van der Waals surface area contributed by atoms with Gasteiger partial charge in [0.15, 0.2) is 0 Å². The fourth-order valence-electron chi connectivity index (χ4n) is 4.51. The lowest BCUT2D eigenvalue weighted by atomic mass is 10.1. The maximum absolute atomic E-state index is 13.7. The first-order chi connectivity index (χ1) is 13.8. The number of carbonyl (C=O) groups is 1. The first-order valence-corrected chi connectivity index (χ1v) is 10.0. The lowest BCUT2D eigenvalue weighted by molar-refractivity contribution is 0.0681. The third-order valence-electron chi connectivity index (χ3n) is 5.90. The molecule has 0 saturated carbocycles. The highest BCUT2D eigenvalue weighted by Gasteiger charge is 2.39. The zero-order valence-corrected chi connectivity index (χ0v) is 15.8. The van der Waals surface area contributed by atoms with Gasteiger partial charge in [-0.15, -0.1) is 0 Å². The van der Waals surface area contributed by atoms with E-state index in [1.807, 2.05) is 71.5 Å². The Morgan fingerprint density at radius 1 is 0.929 bits per heavy atom. The molecule has 3 aromatic rings. The minimum atomic E-state index is 0.109. The summed E-state index contributed by atoms with van der Waals surface area (Å²) in [4.78, 5) is 15.8. The van der Waals surface area contributed by atoms with Gasteiger partial charge >= 0.3 is 0 Å². The number of fused-ring (bicyclic) bond motifs is 2. The highest BCUT2D eigenvalue weighted by atomic mass is 16.2. The number of carbonyl (C=O) groups excluding carboxylic acids is 1. The number of nitrogens with one attached hydrogen (secondary N) is 1. The molecule has 0 spiro atoms. The number of rotatable bonds is 3. The van der Waals surface area contributed by atoms with Crippen LogP contribution in [0.4, 0.5) is 0 Å². The Morgan fingerprint density at radius 2 is 1.64 bits per heavy atom. The molecule has 2 fully saturated rings. The van der Waals surface area contributed by atoms with E-state index in [0.717, 1.165) is 49.3 Å². The molecule has 5 heteroatoms. The quantitative estimate of drug-likeness (QED) is 0.765. The standard InChI is InChI=1S/C23H24N4O/c28-23(27-19-11-12-20(27)15-24-14-13-19)21-16-26(18-9-5-2-6-10-18)25-22(21)17-7-3-1-4-8-17/h1-10,16,19-20,24H,11-15H2. The molecule has 5 nitrogen and oxygen atoms in total. The second-order valence-corrected chi connectivity index (χ2v) is 7.63. The van der Waals surface area contributed by atoms with Gasteiger partial charge in [-0.25, -0.2) is 4.68 Å². The number of hydrogen-bond donors (Lipinski definition) is 1. The molecule has 5 rings (SSSR count). The lowest BCUT2D eigenvalue weighted by Gasteiger charge is -2.27. The Balaban J connectivity index is 1.59. The molecule has 1 amide bonds. The van der Waals surface area contributed by atoms with Crippen molar-refractivity contribution in [3.05, 3.63) is 72.4 Å². The topological polar surface area (TPSA) is 50.2 Å². The van der Waals surface area contributed by atoms with Gasteiger partial charge in [0.1, 0.15) is 5.69 Å². The average Bonchev–Trinajstić information content (AvgIpc) is 3.29. The molecule has 2 saturated heterocycles. The van der Waals surface area contributed by atoms with Crippen molar-refractivity contribution in [3.8, 4) is 16.9 Å². The van der Waals surface area contributed by atoms with E-state index in [0.29, 0.717) is 11.6 Å². The van der Waals surface area contributed by atoms with Gasteiger partial charge in [0, 0.05) is 30.4 Å². The maximum Gasteiger partial charge on any atom is 0.258 e. The summed E-state index contributed by atoms with van der Waals surface area (Å²) >= 11 is 0. The third-order valence-corrected chi connectivity index (χ3v) is 5.90. The van der Waals surface area contributed by atoms with Crippen molar-refractivity contribution >= 4 is 5.91 Å². The van der Waals surface area contributed by atoms with Crippen molar-refractivity contribution in [1.29, 1.82) is 0 Å². The molecule has 2 aromatic carbocycles. The van der Waals surface area contributed by atoms with Crippen LogP contribution in [-0.2, 0) is 0 Å². The molecule has 28 heavy (non-hydrogen) atoms. The largest absolute Gasteiger partial charge is 0.331 e. The summed E-state index contributed by atoms with van der Waals surface area (Å²) in [5.41, 5.74) is 3.37. The molecule has 2 unspecified atom stereocenters. The summed E-state index contributed by atoms with van der Waals surface area (Å²) in [5.74, 6) is 0.109. The highest BCUT2D eigenvalue weighted by molar-refractivity contribution is 6.00. The molecule has 2 aliphatic heterocycles. The van der Waals surface area contributed by atoms with E-state index in [1.165, 1.54) is 0 Å². The molecule has 2 bridgehead atoms. The van der Waals surface area contributed by atoms with Crippen LogP contribution in [0.25, 0.3) is 16.9 Å². The van der Waals surface area contributed by atoms with Crippen molar-refractivity contribution in [3.63, 3.8) is 0 Å². The zero-order valence-electron chi connectivity index (χ0n) is 15.8. The van der Waals surface area contributed by atoms with Gasteiger partial charge in [-0.1, -0.05) is 48.5 Å². The van der Waals surface area contributed by atoms with Crippen LogP contribution < -0.4 is 5.32 Å². The van der Waals surface area contributed by atoms with Crippen molar-refractivity contribution in [2.45, 2.75) is 31.3 Å². The van der Waals surface area contributed by atoms with Gasteiger partial charge in [0.25, 0.3) is 5.91 Å². The van der Waals surface area contributed by atoms with E-state index in [-0.39, 0.29) is 11.9 Å². The van der Waals surface area contributed by atoms with Gasteiger partial charge in [0.2, 0.25) is 0 Å². The molecule has 0 radical (unpaired) electrons. The Labute approximate surface area is 165 Å². The smallest absolute Gasteiger partial charge is 0.258 e. The van der Waals surface area contributed by atoms with Crippen LogP contribution in [0, 0.1) is 0 Å². The molecular weight excluding hydrogens is 348 g/mol. The van der Waals surface area contributed by atoms with Crippen LogP contribution >= 0.6 is 0 Å². The number of para-hydroxylation sites is 1. The normalized spacial score (nSPS) is 21.5. The van der Waals surface area contributed by atoms with Crippen LogP contribution in [0.5, 0.6) is 0 Å². The van der Waals surface area contributed by atoms with E-state index in [9.17, 15) is 4.79 Å². The van der Waals surface area contributed by atoms with E-state index in [4.69, 9.17) is 5.10 Å². The minimum Gasteiger partial charge on any atom is -0.331 e. The van der Waals surface area contributed by atoms with Gasteiger partial charge < -0.3 is 10.2 Å². The second kappa shape index (κ2) is 7.24. The molecule has 142 valence electrons. The summed E-state index contributed by atoms with van der Waals surface area (Å²) in [6.07, 6.45) is 5.11. The van der Waals surface area contributed by atoms with Crippen LogP contribution in [0.15, 0.2) is 66.9 Å². The van der Waals surface area contributed by atoms with Crippen molar-refractivity contribution in [1.82, 2.24) is 20.0 Å². The van der Waals surface area contributed by atoms with Crippen LogP contribution in [0.3, 0.4) is 0 Å². The average molecular weight is 372 g/mol. The van der Waals surface area contributed by atoms with Crippen LogP contribution in [0.1, 0.15) is 29.6 Å². The molecule has 2 aliphatic rings. The third kappa shape index (κ3) is 3.02. The first-order valence-electron chi connectivity index (χ1n) is 10.0. The van der Waals surface area contributed by atoms with E-state index < -0.39 is 0 Å². The molecule has 0 aliphatic carbocycles. The van der Waals surface area contributed by atoms with Crippen LogP contribution in [0.2, 0.25) is 0 Å². The summed E-state index contributed by atoms with van der Waals surface area (Å²) < 4.78 is 1.83. The second-order valence-electron chi connectivity index (χ2n) is 7.63. The summed E-state index contributed by atoms with van der Waals surface area (Å²) in [6.45, 7) is 1.87. The molecule has 3 heterocycles. The van der Waals surface area contributed by atoms with Crippen molar-refractivity contribution in [2.75, 3.05) is 13.1 Å². The summed E-state index contributed by atoms with van der Waals surface area (Å²) in [6, 6.07) is 20.6. The van der Waals surface area contributed by atoms with Crippen LogP contribution in [-0.4, -0.2) is 45.8 Å². The van der Waals surface area contributed by atoms with E-state index >= 15 is 0 Å². The highest BCUT2D eigenvalue weighted by Crippen LogP contribution is 2.32. The number of aromatic nitrogens is 2. The number of hydrogen-bond acceptors (Lipinski definition) is 3. The summed E-state index contributed by atoms with van der Waals surface area (Å²) in [5, 5.41) is 8.29. The minimum absolute atomic E-state index is 0.109. The van der Waals surface area contributed by atoms with Crippen molar-refractivity contribution in [2.24, 2.45) is 0 Å². The molecule has 2 atom stereocenters. The van der Waals surface area contributed by atoms with E-state index in [2.05, 4.69) is 10.2 Å². The number of amides is 1. The zero-order chi connectivity index (χ0) is 18.9. The van der Waals surface area contributed by atoms with Gasteiger partial charge in [0.05, 0.1) is 11.3 Å². The Hall–Kier alpha value is -2.92. The summed E-state index contributed by atoms with van der Waals surface area (Å²) in [7, 11) is 0.